The van der Waals surface area contributed by atoms with E-state index in [0.29, 0.717) is 41.5 Å². The van der Waals surface area contributed by atoms with Crippen LogP contribution in [0.1, 0.15) is 78.3 Å². The van der Waals surface area contributed by atoms with Crippen LogP contribution in [-0.4, -0.2) is 56.5 Å². The van der Waals surface area contributed by atoms with Gasteiger partial charge >= 0.3 is 0 Å². The number of aliphatic hydroxyl groups is 1. The number of halogens is 4. The number of Topliss-reactive ketones (excluding diaryl/α,β-unsaturated/α-hetero) is 1. The van der Waals surface area contributed by atoms with Gasteiger partial charge in [0.05, 0.1) is 28.8 Å². The Morgan fingerprint density at radius 2 is 1.80 bits per heavy atom. The highest BCUT2D eigenvalue weighted by atomic mass is 35.5. The van der Waals surface area contributed by atoms with Crippen LogP contribution in [0.25, 0.3) is 0 Å². The van der Waals surface area contributed by atoms with E-state index < -0.39 is 34.8 Å². The Kier molecular flexibility index (Phi) is 8.26. The summed E-state index contributed by atoms with van der Waals surface area (Å²) in [6.07, 6.45) is 2.93. The highest BCUT2D eigenvalue weighted by Crippen LogP contribution is 2.52. The van der Waals surface area contributed by atoms with Crippen LogP contribution < -0.4 is 5.32 Å². The zero-order valence-electron chi connectivity index (χ0n) is 24.1. The summed E-state index contributed by atoms with van der Waals surface area (Å²) in [6, 6.07) is 8.97. The van der Waals surface area contributed by atoms with Gasteiger partial charge in [-0.3, -0.25) is 14.5 Å². The maximum Gasteiger partial charge on any atom is 0.257 e. The Labute approximate surface area is 263 Å². The third kappa shape index (κ3) is 5.10. The fourth-order valence-electron chi connectivity index (χ4n) is 6.83. The number of benzene rings is 2. The number of fused-ring (bicyclic) bond motifs is 1. The molecule has 2 aromatic carbocycles. The van der Waals surface area contributed by atoms with E-state index in [4.69, 9.17) is 27.9 Å². The molecular formula is C32H32Cl2F2N4O4. The molecule has 3 aromatic rings. The average Bonchev–Trinajstić information content (AvgIpc) is 3.53. The van der Waals surface area contributed by atoms with Crippen molar-refractivity contribution in [2.45, 2.75) is 75.1 Å². The first-order chi connectivity index (χ1) is 21.0. The molecule has 1 amide bonds. The Hall–Kier alpha value is -3.02. The van der Waals surface area contributed by atoms with Gasteiger partial charge in [0.25, 0.3) is 5.91 Å². The summed E-state index contributed by atoms with van der Waals surface area (Å²) in [4.78, 5) is 36.6. The van der Waals surface area contributed by atoms with Crippen LogP contribution in [0.3, 0.4) is 0 Å². The molecule has 1 saturated heterocycles. The van der Waals surface area contributed by atoms with Crippen molar-refractivity contribution in [1.29, 1.82) is 0 Å². The van der Waals surface area contributed by atoms with Crippen molar-refractivity contribution in [1.82, 2.24) is 20.2 Å². The maximum absolute atomic E-state index is 16.8. The van der Waals surface area contributed by atoms with Crippen LogP contribution in [0.15, 0.2) is 48.8 Å². The van der Waals surface area contributed by atoms with Crippen LogP contribution in [-0.2, 0) is 27.4 Å². The van der Waals surface area contributed by atoms with Gasteiger partial charge in [-0.15, -0.1) is 0 Å². The van der Waals surface area contributed by atoms with Crippen molar-refractivity contribution in [3.8, 4) is 0 Å². The number of piperidine rings is 1. The minimum Gasteiger partial charge on any atom is -0.382 e. The normalized spacial score (nSPS) is 24.4. The summed E-state index contributed by atoms with van der Waals surface area (Å²) in [7, 11) is 0. The summed E-state index contributed by atoms with van der Waals surface area (Å²) in [5, 5.41) is 15.7. The van der Waals surface area contributed by atoms with Crippen LogP contribution in [0, 0.1) is 5.82 Å². The molecule has 1 aliphatic carbocycles. The highest BCUT2D eigenvalue weighted by molar-refractivity contribution is 6.30. The van der Waals surface area contributed by atoms with Gasteiger partial charge < -0.3 is 15.2 Å². The van der Waals surface area contributed by atoms with E-state index in [1.807, 2.05) is 0 Å². The van der Waals surface area contributed by atoms with E-state index >= 15 is 8.78 Å². The first-order valence-electron chi connectivity index (χ1n) is 14.7. The van der Waals surface area contributed by atoms with Gasteiger partial charge in [0.2, 0.25) is 5.72 Å². The summed E-state index contributed by atoms with van der Waals surface area (Å²) < 4.78 is 40.0. The number of ketones is 1. The fraction of sp³-hybridized carbons (Fsp3) is 0.438. The zero-order valence-corrected chi connectivity index (χ0v) is 25.6. The number of alkyl halides is 1. The van der Waals surface area contributed by atoms with Crippen molar-refractivity contribution in [2.75, 3.05) is 13.1 Å². The van der Waals surface area contributed by atoms with E-state index in [9.17, 15) is 14.7 Å². The third-order valence-electron chi connectivity index (χ3n) is 9.16. The van der Waals surface area contributed by atoms with Crippen LogP contribution in [0.5, 0.6) is 0 Å². The molecule has 1 saturated carbocycles. The molecule has 12 heteroatoms. The third-order valence-corrected chi connectivity index (χ3v) is 9.61. The number of rotatable bonds is 8. The summed E-state index contributed by atoms with van der Waals surface area (Å²) in [6.45, 7) is 2.14. The second kappa shape index (κ2) is 11.7. The lowest BCUT2D eigenvalue weighted by Gasteiger charge is -2.44. The first kappa shape index (κ1) is 31.0. The highest BCUT2D eigenvalue weighted by Gasteiger charge is 2.58. The zero-order chi connectivity index (χ0) is 31.3. The number of amides is 1. The van der Waals surface area contributed by atoms with Crippen molar-refractivity contribution in [2.24, 2.45) is 0 Å². The quantitative estimate of drug-likeness (QED) is 0.329. The van der Waals surface area contributed by atoms with Gasteiger partial charge in [0.15, 0.2) is 0 Å². The van der Waals surface area contributed by atoms with E-state index in [0.717, 1.165) is 6.07 Å². The average molecular weight is 646 g/mol. The van der Waals surface area contributed by atoms with Crippen LogP contribution >= 0.6 is 23.2 Å². The van der Waals surface area contributed by atoms with Gasteiger partial charge in [-0.25, -0.2) is 18.7 Å². The predicted molar refractivity (Wildman–Crippen MR) is 159 cm³/mol. The molecule has 8 nitrogen and oxygen atoms in total. The SMILES string of the molecule is CCC(O)(c1cc(F)c2c(c1)C(=O)N(Cc1ncc(Cl)cn1)[C@@]2(O[C@H]1CCC(=O)C1)c1ccc(Cl)cc1)C1(F)CCNCC1. The Balaban J connectivity index is 1.57. The number of carbonyl (C=O) groups excluding carboxylic acids is 2. The second-order valence-corrected chi connectivity index (χ2v) is 12.6. The Bertz CT molecular complexity index is 1590. The number of hydrogen-bond acceptors (Lipinski definition) is 7. The lowest BCUT2D eigenvalue weighted by Crippen LogP contribution is -2.54. The van der Waals surface area contributed by atoms with Gasteiger partial charge in [-0.2, -0.15) is 0 Å². The molecule has 0 radical (unpaired) electrons. The molecule has 1 aromatic heterocycles. The summed E-state index contributed by atoms with van der Waals surface area (Å²) >= 11 is 12.2. The van der Waals surface area contributed by atoms with Crippen LogP contribution in [0.2, 0.25) is 10.0 Å². The number of hydrogen-bond donors (Lipinski definition) is 2. The number of nitrogens with one attached hydrogen (secondary N) is 1. The molecule has 2 fully saturated rings. The number of nitrogens with zero attached hydrogens (tertiary/aromatic N) is 3. The van der Waals surface area contributed by atoms with E-state index in [2.05, 4.69) is 15.3 Å². The second-order valence-electron chi connectivity index (χ2n) is 11.7. The summed E-state index contributed by atoms with van der Waals surface area (Å²) in [5.74, 6) is -1.27. The fourth-order valence-corrected chi connectivity index (χ4v) is 7.06. The molecular weight excluding hydrogens is 613 g/mol. The molecule has 3 aliphatic rings. The van der Waals surface area contributed by atoms with Crippen molar-refractivity contribution in [3.63, 3.8) is 0 Å². The van der Waals surface area contributed by atoms with Gasteiger partial charge in [-0.05, 0) is 68.6 Å². The minimum atomic E-state index is -2.06. The Morgan fingerprint density at radius 3 is 2.41 bits per heavy atom. The molecule has 2 N–H and O–H groups in total. The smallest absolute Gasteiger partial charge is 0.257 e. The molecule has 44 heavy (non-hydrogen) atoms. The predicted octanol–water partition coefficient (Wildman–Crippen LogP) is 5.61. The molecule has 6 rings (SSSR count). The van der Waals surface area contributed by atoms with Crippen LogP contribution in [0.4, 0.5) is 8.78 Å². The molecule has 0 spiro atoms. The van der Waals surface area contributed by atoms with Gasteiger partial charge in [-0.1, -0.05) is 42.3 Å². The minimum absolute atomic E-state index is 0.00238. The molecule has 3 atom stereocenters. The lowest BCUT2D eigenvalue weighted by molar-refractivity contribution is -0.149. The number of ether oxygens (including phenoxy) is 1. The van der Waals surface area contributed by atoms with E-state index in [1.54, 1.807) is 31.2 Å². The molecule has 2 aliphatic heterocycles. The lowest BCUT2D eigenvalue weighted by atomic mass is 9.71. The van der Waals surface area contributed by atoms with E-state index in [1.165, 1.54) is 23.4 Å². The van der Waals surface area contributed by atoms with E-state index in [-0.39, 0.29) is 60.5 Å². The largest absolute Gasteiger partial charge is 0.382 e. The standard InChI is InChI=1S/C32H32Cl2F2N4O4/c1-2-31(43,30(36)9-11-37-12-10-30)20-13-25-28(26(35)14-20)32(19-3-5-21(33)6-4-19,44-24-8-7-23(41)15-24)40(29(25)42)18-27-38-16-22(34)17-39-27/h3-6,13-14,16-17,24,37,43H,2,7-12,15,18H2,1H3/t24-,31?,32+/m0/s1. The van der Waals surface area contributed by atoms with Crippen molar-refractivity contribution < 1.29 is 28.2 Å². The monoisotopic (exact) mass is 644 g/mol. The maximum atomic E-state index is 16.8. The van der Waals surface area contributed by atoms with Crippen molar-refractivity contribution in [3.05, 3.63) is 92.7 Å². The van der Waals surface area contributed by atoms with Gasteiger partial charge in [0, 0.05) is 35.8 Å². The van der Waals surface area contributed by atoms with Gasteiger partial charge in [0.1, 0.15) is 28.7 Å². The molecule has 1 unspecified atom stereocenters. The molecule has 3 heterocycles. The molecule has 0 bridgehead atoms. The molecule has 232 valence electrons. The number of carbonyl (C=O) groups is 2. The first-order valence-corrected chi connectivity index (χ1v) is 15.5. The summed E-state index contributed by atoms with van der Waals surface area (Å²) in [5.41, 5.74) is -5.78. The number of aromatic nitrogens is 2. The van der Waals surface area contributed by atoms with Crippen molar-refractivity contribution >= 4 is 34.9 Å². The Morgan fingerprint density at radius 1 is 1.11 bits per heavy atom. The topological polar surface area (TPSA) is 105 Å².